The van der Waals surface area contributed by atoms with Crippen LogP contribution in [0.4, 0.5) is 5.82 Å². The van der Waals surface area contributed by atoms with Crippen molar-refractivity contribution in [3.8, 4) is 0 Å². The van der Waals surface area contributed by atoms with Crippen LogP contribution >= 0.6 is 0 Å². The van der Waals surface area contributed by atoms with Gasteiger partial charge in [-0.3, -0.25) is 4.79 Å². The summed E-state index contributed by atoms with van der Waals surface area (Å²) in [7, 11) is -3.42. The van der Waals surface area contributed by atoms with Crippen molar-refractivity contribution in [2.75, 3.05) is 43.4 Å². The van der Waals surface area contributed by atoms with Crippen molar-refractivity contribution in [2.24, 2.45) is 0 Å². The maximum Gasteiger partial charge on any atom is 0.254 e. The molecule has 0 saturated carbocycles. The molecule has 26 heavy (non-hydrogen) atoms. The molecule has 140 valence electrons. The molecule has 1 saturated heterocycles. The van der Waals surface area contributed by atoms with Gasteiger partial charge in [-0.25, -0.2) is 13.4 Å². The van der Waals surface area contributed by atoms with Crippen molar-refractivity contribution in [1.82, 2.24) is 14.6 Å². The average molecular weight is 378 g/mol. The van der Waals surface area contributed by atoms with E-state index < -0.39 is 10.0 Å². The van der Waals surface area contributed by atoms with Crippen LogP contribution in [0, 0.1) is 6.92 Å². The fourth-order valence-corrected chi connectivity index (χ4v) is 4.21. The Morgan fingerprint density at radius 3 is 2.62 bits per heavy atom. The third-order valence-corrected chi connectivity index (χ3v) is 6.23. The van der Waals surface area contributed by atoms with E-state index in [1.807, 2.05) is 18.2 Å². The van der Waals surface area contributed by atoms with Gasteiger partial charge in [0.1, 0.15) is 11.6 Å². The van der Waals surface area contributed by atoms with Crippen molar-refractivity contribution < 1.29 is 17.6 Å². The Kier molecular flexibility index (Phi) is 5.58. The first-order valence-electron chi connectivity index (χ1n) is 8.43. The first kappa shape index (κ1) is 18.4. The van der Waals surface area contributed by atoms with Gasteiger partial charge in [0.25, 0.3) is 5.91 Å². The van der Waals surface area contributed by atoms with Crippen LogP contribution in [0.3, 0.4) is 0 Å². The number of piperazine rings is 1. The highest BCUT2D eigenvalue weighted by Crippen LogP contribution is 2.14. The van der Waals surface area contributed by atoms with Gasteiger partial charge >= 0.3 is 0 Å². The number of pyridine rings is 1. The molecule has 1 amide bonds. The lowest BCUT2D eigenvalue weighted by atomic mass is 10.2. The van der Waals surface area contributed by atoms with E-state index in [-0.39, 0.29) is 18.2 Å². The second-order valence-electron chi connectivity index (χ2n) is 6.04. The summed E-state index contributed by atoms with van der Waals surface area (Å²) in [5, 5.41) is 2.63. The minimum Gasteiger partial charge on any atom is -0.469 e. The third kappa shape index (κ3) is 4.23. The van der Waals surface area contributed by atoms with Crippen LogP contribution in [0.2, 0.25) is 0 Å². The highest BCUT2D eigenvalue weighted by Gasteiger charge is 2.27. The predicted octanol–water partition coefficient (Wildman–Crippen LogP) is 0.865. The zero-order chi connectivity index (χ0) is 18.6. The number of aromatic nitrogens is 1. The van der Waals surface area contributed by atoms with Crippen LogP contribution in [-0.4, -0.2) is 62.1 Å². The zero-order valence-electron chi connectivity index (χ0n) is 14.6. The van der Waals surface area contributed by atoms with Gasteiger partial charge in [0, 0.05) is 38.9 Å². The second kappa shape index (κ2) is 7.88. The Hall–Kier alpha value is -2.39. The van der Waals surface area contributed by atoms with Crippen molar-refractivity contribution in [3.63, 3.8) is 0 Å². The molecule has 0 spiro atoms. The zero-order valence-corrected chi connectivity index (χ0v) is 15.4. The Morgan fingerprint density at radius 1 is 1.23 bits per heavy atom. The molecule has 3 heterocycles. The number of rotatable bonds is 6. The highest BCUT2D eigenvalue weighted by atomic mass is 32.2. The van der Waals surface area contributed by atoms with Crippen molar-refractivity contribution in [3.05, 3.63) is 48.0 Å². The number of hydrogen-bond acceptors (Lipinski definition) is 6. The van der Waals surface area contributed by atoms with Crippen molar-refractivity contribution in [2.45, 2.75) is 6.92 Å². The monoisotopic (exact) mass is 378 g/mol. The van der Waals surface area contributed by atoms with E-state index in [0.29, 0.717) is 37.5 Å². The number of aryl methyl sites for hydroxylation is 1. The van der Waals surface area contributed by atoms with Gasteiger partial charge in [0.2, 0.25) is 10.0 Å². The summed E-state index contributed by atoms with van der Waals surface area (Å²) in [6, 6.07) is 7.24. The molecular formula is C17H22N4O4S. The minimum atomic E-state index is -3.42. The van der Waals surface area contributed by atoms with E-state index in [0.717, 1.165) is 5.82 Å². The highest BCUT2D eigenvalue weighted by molar-refractivity contribution is 7.89. The number of amides is 1. The average Bonchev–Trinajstić information content (AvgIpc) is 3.08. The maximum absolute atomic E-state index is 12.5. The topological polar surface area (TPSA) is 95.7 Å². The maximum atomic E-state index is 12.5. The minimum absolute atomic E-state index is 0.0617. The Bertz CT molecular complexity index is 843. The molecule has 1 aliphatic rings. The molecule has 0 atom stereocenters. The van der Waals surface area contributed by atoms with E-state index in [9.17, 15) is 13.2 Å². The van der Waals surface area contributed by atoms with Gasteiger partial charge in [-0.15, -0.1) is 0 Å². The third-order valence-electron chi connectivity index (χ3n) is 4.35. The SMILES string of the molecule is Cc1occc1C(=O)NCCS(=O)(=O)N1CCN(c2ccccn2)CC1. The largest absolute Gasteiger partial charge is 0.469 e. The number of sulfonamides is 1. The lowest BCUT2D eigenvalue weighted by Crippen LogP contribution is -2.50. The number of nitrogens with zero attached hydrogens (tertiary/aromatic N) is 3. The molecule has 9 heteroatoms. The van der Waals surface area contributed by atoms with Crippen LogP contribution in [-0.2, 0) is 10.0 Å². The van der Waals surface area contributed by atoms with Crippen LogP contribution in [0.15, 0.2) is 41.1 Å². The first-order chi connectivity index (χ1) is 12.5. The second-order valence-corrected chi connectivity index (χ2v) is 8.12. The Labute approximate surface area is 152 Å². The van der Waals surface area contributed by atoms with Crippen molar-refractivity contribution in [1.29, 1.82) is 0 Å². The molecule has 1 fully saturated rings. The fourth-order valence-electron chi connectivity index (χ4n) is 2.87. The van der Waals surface area contributed by atoms with Crippen LogP contribution in [0.25, 0.3) is 0 Å². The van der Waals surface area contributed by atoms with Crippen LogP contribution < -0.4 is 10.2 Å². The molecule has 8 nitrogen and oxygen atoms in total. The number of nitrogens with one attached hydrogen (secondary N) is 1. The molecule has 0 aliphatic carbocycles. The fraction of sp³-hybridized carbons (Fsp3) is 0.412. The van der Waals surface area contributed by atoms with Gasteiger partial charge in [-0.05, 0) is 25.1 Å². The van der Waals surface area contributed by atoms with Gasteiger partial charge in [0.05, 0.1) is 17.6 Å². The molecule has 3 rings (SSSR count). The van der Waals surface area contributed by atoms with Crippen LogP contribution in [0.5, 0.6) is 0 Å². The van der Waals surface area contributed by atoms with E-state index in [2.05, 4.69) is 15.2 Å². The summed E-state index contributed by atoms with van der Waals surface area (Å²) in [5.74, 6) is 0.911. The van der Waals surface area contributed by atoms with Gasteiger partial charge in [-0.2, -0.15) is 4.31 Å². The summed E-state index contributed by atoms with van der Waals surface area (Å²) in [6.07, 6.45) is 3.16. The normalized spacial score (nSPS) is 15.8. The van der Waals surface area contributed by atoms with E-state index in [1.165, 1.54) is 10.6 Å². The van der Waals surface area contributed by atoms with Crippen molar-refractivity contribution >= 4 is 21.7 Å². The molecular weight excluding hydrogens is 356 g/mol. The van der Waals surface area contributed by atoms with Gasteiger partial charge in [0.15, 0.2) is 0 Å². The Morgan fingerprint density at radius 2 is 2.00 bits per heavy atom. The van der Waals surface area contributed by atoms with E-state index >= 15 is 0 Å². The number of hydrogen-bond donors (Lipinski definition) is 1. The number of furan rings is 1. The molecule has 1 aliphatic heterocycles. The summed E-state index contributed by atoms with van der Waals surface area (Å²) in [5.41, 5.74) is 0.423. The smallest absolute Gasteiger partial charge is 0.254 e. The molecule has 1 N–H and O–H groups in total. The molecule has 0 unspecified atom stereocenters. The lowest BCUT2D eigenvalue weighted by Gasteiger charge is -2.34. The van der Waals surface area contributed by atoms with Gasteiger partial charge in [-0.1, -0.05) is 6.07 Å². The summed E-state index contributed by atoms with van der Waals surface area (Å²) >= 11 is 0. The number of carbonyl (C=O) groups is 1. The first-order valence-corrected chi connectivity index (χ1v) is 10.0. The summed E-state index contributed by atoms with van der Waals surface area (Å²) in [4.78, 5) is 18.4. The summed E-state index contributed by atoms with van der Waals surface area (Å²) in [6.45, 7) is 3.76. The Balaban J connectivity index is 1.48. The molecule has 2 aromatic heterocycles. The number of carbonyl (C=O) groups excluding carboxylic acids is 1. The lowest BCUT2D eigenvalue weighted by molar-refractivity contribution is 0.0954. The standard InChI is InChI=1S/C17H22N4O4S/c1-14-15(5-12-25-14)17(22)19-7-13-26(23,24)21-10-8-20(9-11-21)16-4-2-3-6-18-16/h2-6,12H,7-11,13H2,1H3,(H,19,22). The van der Waals surface area contributed by atoms with Crippen LogP contribution in [0.1, 0.15) is 16.1 Å². The molecule has 2 aromatic rings. The summed E-state index contributed by atoms with van der Waals surface area (Å²) < 4.78 is 31.5. The molecule has 0 radical (unpaired) electrons. The molecule has 0 bridgehead atoms. The molecule has 0 aromatic carbocycles. The number of anilines is 1. The van der Waals surface area contributed by atoms with Gasteiger partial charge < -0.3 is 14.6 Å². The quantitative estimate of drug-likeness (QED) is 0.801. The predicted molar refractivity (Wildman–Crippen MR) is 97.6 cm³/mol. The van der Waals surface area contributed by atoms with E-state index in [4.69, 9.17) is 4.42 Å². The van der Waals surface area contributed by atoms with E-state index in [1.54, 1.807) is 19.2 Å².